The average molecular weight is 437 g/mol. The van der Waals surface area contributed by atoms with Crippen molar-refractivity contribution < 1.29 is 19.0 Å². The van der Waals surface area contributed by atoms with Gasteiger partial charge in [-0.1, -0.05) is 0 Å². The van der Waals surface area contributed by atoms with E-state index < -0.39 is 0 Å². The van der Waals surface area contributed by atoms with E-state index in [4.69, 9.17) is 14.2 Å². The maximum Gasteiger partial charge on any atom is 0.273 e. The first-order chi connectivity index (χ1) is 15.5. The van der Waals surface area contributed by atoms with E-state index in [1.54, 1.807) is 39.1 Å². The number of nitrogens with one attached hydrogen (secondary N) is 1. The standard InChI is InChI=1S/C24H28N4O4/c1-27-22(14-21(26-27)20-13-18(30-2)9-10-23(20)32-4)24(29)25-16-5-7-17(8-6-16)28-12-11-19(15-28)31-3/h5-10,13-14,19H,11-12,15H2,1-4H3,(H,25,29)/t19-/m1/s1. The van der Waals surface area contributed by atoms with E-state index >= 15 is 0 Å². The highest BCUT2D eigenvalue weighted by molar-refractivity contribution is 6.03. The fourth-order valence-electron chi connectivity index (χ4n) is 3.93. The van der Waals surface area contributed by atoms with Gasteiger partial charge >= 0.3 is 0 Å². The predicted octanol–water partition coefficient (Wildman–Crippen LogP) is 3.58. The number of methoxy groups -OCH3 is 3. The highest BCUT2D eigenvalue weighted by atomic mass is 16.5. The summed E-state index contributed by atoms with van der Waals surface area (Å²) in [5.41, 5.74) is 3.67. The molecule has 0 bridgehead atoms. The molecular formula is C24H28N4O4. The molecule has 1 aromatic heterocycles. The molecule has 8 heteroatoms. The molecule has 0 radical (unpaired) electrons. The lowest BCUT2D eigenvalue weighted by molar-refractivity contribution is 0.101. The van der Waals surface area contributed by atoms with Crippen LogP contribution in [0.2, 0.25) is 0 Å². The van der Waals surface area contributed by atoms with E-state index in [2.05, 4.69) is 15.3 Å². The Labute approximate surface area is 187 Å². The molecule has 1 atom stereocenters. The van der Waals surface area contributed by atoms with E-state index in [0.717, 1.165) is 36.4 Å². The second kappa shape index (κ2) is 9.32. The van der Waals surface area contributed by atoms with Gasteiger partial charge in [-0.2, -0.15) is 5.10 Å². The maximum atomic E-state index is 12.9. The van der Waals surface area contributed by atoms with Gasteiger partial charge in [0.1, 0.15) is 17.2 Å². The van der Waals surface area contributed by atoms with Crippen LogP contribution >= 0.6 is 0 Å². The number of amides is 1. The van der Waals surface area contributed by atoms with Crippen LogP contribution in [0.3, 0.4) is 0 Å². The molecule has 1 fully saturated rings. The molecule has 168 valence electrons. The van der Waals surface area contributed by atoms with Crippen molar-refractivity contribution in [3.8, 4) is 22.8 Å². The summed E-state index contributed by atoms with van der Waals surface area (Å²) >= 11 is 0. The lowest BCUT2D eigenvalue weighted by Gasteiger charge is -2.18. The second-order valence-electron chi connectivity index (χ2n) is 7.70. The number of hydrogen-bond acceptors (Lipinski definition) is 6. The van der Waals surface area contributed by atoms with E-state index in [1.807, 2.05) is 42.5 Å². The van der Waals surface area contributed by atoms with Crippen molar-refractivity contribution in [1.82, 2.24) is 9.78 Å². The summed E-state index contributed by atoms with van der Waals surface area (Å²) < 4.78 is 17.8. The first-order valence-corrected chi connectivity index (χ1v) is 10.5. The third-order valence-electron chi connectivity index (χ3n) is 5.76. The molecule has 3 aromatic rings. The molecule has 2 heterocycles. The Kier molecular flexibility index (Phi) is 6.32. The highest BCUT2D eigenvalue weighted by Gasteiger charge is 2.22. The zero-order valence-electron chi connectivity index (χ0n) is 18.8. The molecule has 0 aliphatic carbocycles. The molecule has 1 N–H and O–H groups in total. The van der Waals surface area contributed by atoms with Crippen molar-refractivity contribution in [2.75, 3.05) is 44.6 Å². The van der Waals surface area contributed by atoms with Gasteiger partial charge in [-0.05, 0) is 55.0 Å². The molecule has 1 amide bonds. The van der Waals surface area contributed by atoms with Crippen LogP contribution in [0.25, 0.3) is 11.3 Å². The Morgan fingerprint density at radius 3 is 2.50 bits per heavy atom. The van der Waals surface area contributed by atoms with Crippen LogP contribution in [0.5, 0.6) is 11.5 Å². The number of carbonyl (C=O) groups is 1. The highest BCUT2D eigenvalue weighted by Crippen LogP contribution is 2.33. The normalized spacial score (nSPS) is 15.6. The monoisotopic (exact) mass is 436 g/mol. The minimum absolute atomic E-state index is 0.235. The number of ether oxygens (including phenoxy) is 3. The number of aromatic nitrogens is 2. The summed E-state index contributed by atoms with van der Waals surface area (Å²) in [6.07, 6.45) is 1.30. The number of anilines is 2. The first-order valence-electron chi connectivity index (χ1n) is 10.5. The summed E-state index contributed by atoms with van der Waals surface area (Å²) in [4.78, 5) is 15.2. The van der Waals surface area contributed by atoms with Gasteiger partial charge in [0.2, 0.25) is 0 Å². The number of aryl methyl sites for hydroxylation is 1. The Balaban J connectivity index is 1.50. The Morgan fingerprint density at radius 1 is 1.06 bits per heavy atom. The molecule has 0 spiro atoms. The number of carbonyl (C=O) groups excluding carboxylic acids is 1. The predicted molar refractivity (Wildman–Crippen MR) is 124 cm³/mol. The molecule has 8 nitrogen and oxygen atoms in total. The molecule has 32 heavy (non-hydrogen) atoms. The smallest absolute Gasteiger partial charge is 0.273 e. The van der Waals surface area contributed by atoms with Crippen LogP contribution in [-0.2, 0) is 11.8 Å². The van der Waals surface area contributed by atoms with Crippen molar-refractivity contribution in [3.63, 3.8) is 0 Å². The van der Waals surface area contributed by atoms with Gasteiger partial charge in [0.25, 0.3) is 5.91 Å². The number of rotatable bonds is 7. The zero-order chi connectivity index (χ0) is 22.7. The van der Waals surface area contributed by atoms with Crippen molar-refractivity contribution in [2.24, 2.45) is 7.05 Å². The summed E-state index contributed by atoms with van der Waals surface area (Å²) in [6.45, 7) is 1.85. The van der Waals surface area contributed by atoms with E-state index in [1.165, 1.54) is 0 Å². The molecule has 4 rings (SSSR count). The van der Waals surface area contributed by atoms with Crippen molar-refractivity contribution >= 4 is 17.3 Å². The van der Waals surface area contributed by atoms with Gasteiger partial charge in [-0.25, -0.2) is 0 Å². The van der Waals surface area contributed by atoms with Crippen molar-refractivity contribution in [3.05, 3.63) is 54.2 Å². The molecule has 1 saturated heterocycles. The van der Waals surface area contributed by atoms with Crippen LogP contribution < -0.4 is 19.7 Å². The van der Waals surface area contributed by atoms with Gasteiger partial charge in [0, 0.05) is 44.2 Å². The summed E-state index contributed by atoms with van der Waals surface area (Å²) in [5.74, 6) is 1.11. The molecule has 2 aromatic carbocycles. The topological polar surface area (TPSA) is 77.9 Å². The molecule has 1 aliphatic rings. The van der Waals surface area contributed by atoms with Crippen LogP contribution in [0.15, 0.2) is 48.5 Å². The van der Waals surface area contributed by atoms with E-state index in [0.29, 0.717) is 22.9 Å². The summed E-state index contributed by atoms with van der Waals surface area (Å²) in [6, 6.07) is 15.1. The number of benzene rings is 2. The third kappa shape index (κ3) is 4.40. The van der Waals surface area contributed by atoms with Crippen molar-refractivity contribution in [2.45, 2.75) is 12.5 Å². The number of nitrogens with zero attached hydrogens (tertiary/aromatic N) is 3. The quantitative estimate of drug-likeness (QED) is 0.610. The van der Waals surface area contributed by atoms with Crippen LogP contribution in [-0.4, -0.2) is 56.2 Å². The minimum Gasteiger partial charge on any atom is -0.497 e. The lowest BCUT2D eigenvalue weighted by Crippen LogP contribution is -2.22. The zero-order valence-corrected chi connectivity index (χ0v) is 18.8. The Bertz CT molecular complexity index is 1090. The molecule has 0 unspecified atom stereocenters. The molecule has 1 aliphatic heterocycles. The fraction of sp³-hybridized carbons (Fsp3) is 0.333. The van der Waals surface area contributed by atoms with Gasteiger partial charge < -0.3 is 24.4 Å². The lowest BCUT2D eigenvalue weighted by atomic mass is 10.1. The van der Waals surface area contributed by atoms with Crippen LogP contribution in [0.1, 0.15) is 16.9 Å². The number of hydrogen-bond donors (Lipinski definition) is 1. The third-order valence-corrected chi connectivity index (χ3v) is 5.76. The van der Waals surface area contributed by atoms with Gasteiger partial charge in [-0.3, -0.25) is 9.48 Å². The second-order valence-corrected chi connectivity index (χ2v) is 7.70. The van der Waals surface area contributed by atoms with Crippen LogP contribution in [0.4, 0.5) is 11.4 Å². The van der Waals surface area contributed by atoms with Crippen molar-refractivity contribution in [1.29, 1.82) is 0 Å². The van der Waals surface area contributed by atoms with Gasteiger partial charge in [0.05, 0.1) is 26.0 Å². The van der Waals surface area contributed by atoms with E-state index in [-0.39, 0.29) is 12.0 Å². The van der Waals surface area contributed by atoms with Gasteiger partial charge in [0.15, 0.2) is 0 Å². The van der Waals surface area contributed by atoms with Crippen LogP contribution in [0, 0.1) is 0 Å². The molecular weight excluding hydrogens is 408 g/mol. The van der Waals surface area contributed by atoms with E-state index in [9.17, 15) is 4.79 Å². The minimum atomic E-state index is -0.235. The summed E-state index contributed by atoms with van der Waals surface area (Å²) in [5, 5.41) is 7.46. The maximum absolute atomic E-state index is 12.9. The first kappa shape index (κ1) is 21.7. The fourth-order valence-corrected chi connectivity index (χ4v) is 3.93. The van der Waals surface area contributed by atoms with Gasteiger partial charge in [-0.15, -0.1) is 0 Å². The molecule has 0 saturated carbocycles. The average Bonchev–Trinajstić information content (AvgIpc) is 3.46. The Morgan fingerprint density at radius 2 is 1.84 bits per heavy atom. The Hall–Kier alpha value is -3.52. The summed E-state index contributed by atoms with van der Waals surface area (Å²) in [7, 11) is 6.70. The largest absolute Gasteiger partial charge is 0.497 e. The SMILES string of the molecule is COc1ccc(OC)c(-c2cc(C(=O)Nc3ccc(N4CC[C@@H](OC)C4)cc3)n(C)n2)c1.